The van der Waals surface area contributed by atoms with Crippen LogP contribution in [-0.2, 0) is 4.79 Å². The van der Waals surface area contributed by atoms with Crippen LogP contribution in [0.25, 0.3) is 0 Å². The van der Waals surface area contributed by atoms with Crippen molar-refractivity contribution in [1.29, 1.82) is 0 Å². The van der Waals surface area contributed by atoms with Crippen molar-refractivity contribution in [2.24, 2.45) is 5.92 Å². The summed E-state index contributed by atoms with van der Waals surface area (Å²) < 4.78 is 21.5. The van der Waals surface area contributed by atoms with E-state index in [1.807, 2.05) is 42.5 Å². The van der Waals surface area contributed by atoms with Gasteiger partial charge < -0.3 is 24.3 Å². The highest BCUT2D eigenvalue weighted by molar-refractivity contribution is 5.77. The molecule has 156 valence electrons. The number of amides is 1. The molecule has 0 spiro atoms. The van der Waals surface area contributed by atoms with Gasteiger partial charge in [-0.1, -0.05) is 6.07 Å². The van der Waals surface area contributed by atoms with Gasteiger partial charge in [0.15, 0.2) is 11.5 Å². The Labute approximate surface area is 172 Å². The van der Waals surface area contributed by atoms with E-state index in [-0.39, 0.29) is 11.8 Å². The molecule has 1 amide bonds. The summed E-state index contributed by atoms with van der Waals surface area (Å²) in [6.07, 6.45) is 2.78. The van der Waals surface area contributed by atoms with E-state index in [0.29, 0.717) is 37.0 Å². The molecule has 1 unspecified atom stereocenters. The van der Waals surface area contributed by atoms with Crippen LogP contribution >= 0.6 is 0 Å². The summed E-state index contributed by atoms with van der Waals surface area (Å²) in [5.41, 5.74) is 1.12. The van der Waals surface area contributed by atoms with Crippen molar-refractivity contribution in [3.05, 3.63) is 48.0 Å². The van der Waals surface area contributed by atoms with Gasteiger partial charge in [0.05, 0.1) is 27.9 Å². The number of benzene rings is 2. The Morgan fingerprint density at radius 3 is 2.28 bits per heavy atom. The number of ether oxygens (including phenoxy) is 4. The zero-order chi connectivity index (χ0) is 20.6. The zero-order valence-electron chi connectivity index (χ0n) is 17.3. The van der Waals surface area contributed by atoms with Crippen molar-refractivity contribution in [1.82, 2.24) is 5.32 Å². The minimum absolute atomic E-state index is 0.0371. The van der Waals surface area contributed by atoms with E-state index in [1.54, 1.807) is 21.3 Å². The Bertz CT molecular complexity index is 801. The summed E-state index contributed by atoms with van der Waals surface area (Å²) in [4.78, 5) is 12.5. The van der Waals surface area contributed by atoms with Crippen LogP contribution in [0.2, 0.25) is 0 Å². The minimum Gasteiger partial charge on any atom is -0.497 e. The molecule has 0 saturated heterocycles. The maximum atomic E-state index is 12.5. The van der Waals surface area contributed by atoms with Crippen molar-refractivity contribution in [2.45, 2.75) is 25.2 Å². The smallest absolute Gasteiger partial charge is 0.220 e. The Morgan fingerprint density at radius 2 is 1.66 bits per heavy atom. The van der Waals surface area contributed by atoms with Gasteiger partial charge in [-0.2, -0.15) is 0 Å². The lowest BCUT2D eigenvalue weighted by atomic mass is 9.90. The van der Waals surface area contributed by atoms with Gasteiger partial charge in [-0.3, -0.25) is 4.79 Å². The van der Waals surface area contributed by atoms with Crippen molar-refractivity contribution in [3.63, 3.8) is 0 Å². The molecular weight excluding hydrogens is 370 g/mol. The molecule has 1 saturated carbocycles. The highest BCUT2D eigenvalue weighted by Crippen LogP contribution is 2.46. The summed E-state index contributed by atoms with van der Waals surface area (Å²) >= 11 is 0. The first-order valence-electron chi connectivity index (χ1n) is 9.90. The molecule has 3 rings (SSSR count). The molecule has 1 N–H and O–H groups in total. The van der Waals surface area contributed by atoms with Crippen LogP contribution < -0.4 is 24.3 Å². The zero-order valence-corrected chi connectivity index (χ0v) is 17.3. The highest BCUT2D eigenvalue weighted by atomic mass is 16.5. The van der Waals surface area contributed by atoms with Gasteiger partial charge in [0.2, 0.25) is 5.91 Å². The SMILES string of the molecule is COc1ccc(OCCNC(=O)CC(c2ccc(OC)c(OC)c2)C2CC2)cc1. The molecule has 1 aliphatic carbocycles. The quantitative estimate of drug-likeness (QED) is 0.583. The van der Waals surface area contributed by atoms with Crippen LogP contribution in [-0.4, -0.2) is 40.4 Å². The van der Waals surface area contributed by atoms with Gasteiger partial charge in [-0.25, -0.2) is 0 Å². The first kappa shape index (κ1) is 20.8. The number of carbonyl (C=O) groups is 1. The molecule has 0 radical (unpaired) electrons. The van der Waals surface area contributed by atoms with Gasteiger partial charge in [-0.15, -0.1) is 0 Å². The summed E-state index contributed by atoms with van der Waals surface area (Å²) in [6, 6.07) is 13.3. The minimum atomic E-state index is 0.0371. The van der Waals surface area contributed by atoms with Crippen molar-refractivity contribution >= 4 is 5.91 Å². The Kier molecular flexibility index (Phi) is 7.22. The summed E-state index contributed by atoms with van der Waals surface area (Å²) in [5.74, 6) is 3.71. The molecule has 0 heterocycles. The Balaban J connectivity index is 1.49. The second-order valence-electron chi connectivity index (χ2n) is 7.14. The molecule has 0 bridgehead atoms. The molecule has 1 aliphatic rings. The van der Waals surface area contributed by atoms with Gasteiger partial charge in [-0.05, 0) is 66.6 Å². The monoisotopic (exact) mass is 399 g/mol. The standard InChI is InChI=1S/C23H29NO5/c1-26-18-7-9-19(10-8-18)29-13-12-24-23(25)15-20(16-4-5-16)17-6-11-21(27-2)22(14-17)28-3/h6-11,14,16,20H,4-5,12-13,15H2,1-3H3,(H,24,25). The second kappa shape index (κ2) is 10.0. The lowest BCUT2D eigenvalue weighted by molar-refractivity contribution is -0.121. The van der Waals surface area contributed by atoms with Gasteiger partial charge >= 0.3 is 0 Å². The molecule has 2 aromatic carbocycles. The molecule has 0 aromatic heterocycles. The molecular formula is C23H29NO5. The number of carbonyl (C=O) groups excluding carboxylic acids is 1. The maximum absolute atomic E-state index is 12.5. The van der Waals surface area contributed by atoms with Crippen molar-refractivity contribution in [3.8, 4) is 23.0 Å². The fourth-order valence-corrected chi connectivity index (χ4v) is 3.44. The first-order valence-corrected chi connectivity index (χ1v) is 9.90. The van der Waals surface area contributed by atoms with Gasteiger partial charge in [0, 0.05) is 6.42 Å². The molecule has 1 atom stereocenters. The summed E-state index contributed by atoms with van der Waals surface area (Å²) in [6.45, 7) is 0.886. The van der Waals surface area contributed by atoms with Crippen molar-refractivity contribution in [2.75, 3.05) is 34.5 Å². The fraction of sp³-hybridized carbons (Fsp3) is 0.435. The van der Waals surface area contributed by atoms with Gasteiger partial charge in [0.1, 0.15) is 18.1 Å². The molecule has 0 aliphatic heterocycles. The van der Waals surface area contributed by atoms with Crippen LogP contribution in [0.4, 0.5) is 0 Å². The number of methoxy groups -OCH3 is 3. The largest absolute Gasteiger partial charge is 0.497 e. The van der Waals surface area contributed by atoms with Crippen LogP contribution in [0.3, 0.4) is 0 Å². The summed E-state index contributed by atoms with van der Waals surface area (Å²) in [5, 5.41) is 2.96. The predicted octanol–water partition coefficient (Wildman–Crippen LogP) is 3.79. The van der Waals surface area contributed by atoms with Gasteiger partial charge in [0.25, 0.3) is 0 Å². The van der Waals surface area contributed by atoms with Crippen LogP contribution in [0.15, 0.2) is 42.5 Å². The highest BCUT2D eigenvalue weighted by Gasteiger charge is 2.34. The van der Waals surface area contributed by atoms with E-state index in [0.717, 1.165) is 29.9 Å². The number of nitrogens with one attached hydrogen (secondary N) is 1. The fourth-order valence-electron chi connectivity index (χ4n) is 3.44. The first-order chi connectivity index (χ1) is 14.1. The molecule has 6 heteroatoms. The van der Waals surface area contributed by atoms with E-state index in [9.17, 15) is 4.79 Å². The Hall–Kier alpha value is -2.89. The molecule has 29 heavy (non-hydrogen) atoms. The van der Waals surface area contributed by atoms with Crippen molar-refractivity contribution < 1.29 is 23.7 Å². The number of rotatable bonds is 11. The third-order valence-electron chi connectivity index (χ3n) is 5.18. The lowest BCUT2D eigenvalue weighted by Crippen LogP contribution is -2.29. The predicted molar refractivity (Wildman–Crippen MR) is 111 cm³/mol. The molecule has 6 nitrogen and oxygen atoms in total. The van der Waals surface area contributed by atoms with E-state index in [2.05, 4.69) is 5.32 Å². The van der Waals surface area contributed by atoms with Crippen LogP contribution in [0, 0.1) is 5.92 Å². The second-order valence-corrected chi connectivity index (χ2v) is 7.14. The average molecular weight is 399 g/mol. The van der Waals surface area contributed by atoms with Crippen LogP contribution in [0.1, 0.15) is 30.7 Å². The third-order valence-corrected chi connectivity index (χ3v) is 5.18. The maximum Gasteiger partial charge on any atom is 0.220 e. The van der Waals surface area contributed by atoms with E-state index < -0.39 is 0 Å². The number of hydrogen-bond donors (Lipinski definition) is 1. The molecule has 2 aromatic rings. The Morgan fingerprint density at radius 1 is 0.966 bits per heavy atom. The number of hydrogen-bond acceptors (Lipinski definition) is 5. The van der Waals surface area contributed by atoms with E-state index >= 15 is 0 Å². The summed E-state index contributed by atoms with van der Waals surface area (Å²) in [7, 11) is 4.88. The molecule has 1 fully saturated rings. The average Bonchev–Trinajstić information content (AvgIpc) is 3.60. The topological polar surface area (TPSA) is 66.0 Å². The van der Waals surface area contributed by atoms with E-state index in [1.165, 1.54) is 0 Å². The third kappa shape index (κ3) is 5.79. The normalized spacial score (nSPS) is 14.0. The van der Waals surface area contributed by atoms with Crippen LogP contribution in [0.5, 0.6) is 23.0 Å². The lowest BCUT2D eigenvalue weighted by Gasteiger charge is -2.18. The van der Waals surface area contributed by atoms with E-state index in [4.69, 9.17) is 18.9 Å².